The van der Waals surface area contributed by atoms with Gasteiger partial charge in [0.15, 0.2) is 0 Å². The van der Waals surface area contributed by atoms with Crippen LogP contribution < -0.4 is 11.1 Å². The van der Waals surface area contributed by atoms with Crippen molar-refractivity contribution in [3.05, 3.63) is 0 Å². The third-order valence-corrected chi connectivity index (χ3v) is 9.71. The Labute approximate surface area is 283 Å². The first kappa shape index (κ1) is 44.4. The molecule has 1 aliphatic heterocycles. The minimum Gasteiger partial charge on any atom is -0.481 e. The van der Waals surface area contributed by atoms with Gasteiger partial charge < -0.3 is 16.2 Å². The standard InChI is InChI=1S/C22H47N3.C18H36O2/c1-2-3-4-5-6-7-8-9-10-11-12-13-14-15-16-17-22-24-19-21-25(22)20-18-23;1-2-3-4-5-6-7-8-9-10-11-12-13-14-15-16-17-18(19)20/h22,24H,2-21,23H2,1H3;2-17H2,1H3,(H,19,20). The van der Waals surface area contributed by atoms with Crippen molar-refractivity contribution < 1.29 is 9.90 Å². The molecule has 1 saturated heterocycles. The van der Waals surface area contributed by atoms with Gasteiger partial charge in [-0.05, 0) is 12.8 Å². The highest BCUT2D eigenvalue weighted by atomic mass is 16.4. The van der Waals surface area contributed by atoms with Gasteiger partial charge in [0.25, 0.3) is 0 Å². The summed E-state index contributed by atoms with van der Waals surface area (Å²) in [5, 5.41) is 12.1. The molecule has 1 fully saturated rings. The SMILES string of the molecule is CCCCCCCCCCCCCCCCCC(=O)O.CCCCCCCCCCCCCCCCCC1NCCN1CCN. The number of hydrogen-bond donors (Lipinski definition) is 3. The Balaban J connectivity index is 0.000000884. The molecular formula is C40H83N3O2. The van der Waals surface area contributed by atoms with E-state index in [1.807, 2.05) is 0 Å². The van der Waals surface area contributed by atoms with E-state index >= 15 is 0 Å². The summed E-state index contributed by atoms with van der Waals surface area (Å²) in [6.45, 7) is 8.73. The lowest BCUT2D eigenvalue weighted by molar-refractivity contribution is -0.137. The molecule has 0 saturated carbocycles. The predicted molar refractivity (Wildman–Crippen MR) is 199 cm³/mol. The van der Waals surface area contributed by atoms with E-state index in [-0.39, 0.29) is 0 Å². The molecule has 0 aromatic rings. The van der Waals surface area contributed by atoms with Crippen LogP contribution in [0.1, 0.15) is 219 Å². The molecule has 1 unspecified atom stereocenters. The minimum atomic E-state index is -0.653. The van der Waals surface area contributed by atoms with Crippen molar-refractivity contribution in [3.63, 3.8) is 0 Å². The van der Waals surface area contributed by atoms with Crippen molar-refractivity contribution in [1.29, 1.82) is 0 Å². The molecule has 45 heavy (non-hydrogen) atoms. The second-order valence-electron chi connectivity index (χ2n) is 14.1. The van der Waals surface area contributed by atoms with Crippen LogP contribution in [0.5, 0.6) is 0 Å². The van der Waals surface area contributed by atoms with E-state index in [4.69, 9.17) is 10.8 Å². The molecular weight excluding hydrogens is 554 g/mol. The summed E-state index contributed by atoms with van der Waals surface area (Å²) in [5.41, 5.74) is 5.69. The Bertz CT molecular complexity index is 574. The molecule has 5 heteroatoms. The van der Waals surface area contributed by atoms with Crippen LogP contribution in [-0.2, 0) is 4.79 Å². The van der Waals surface area contributed by atoms with Gasteiger partial charge in [0.1, 0.15) is 0 Å². The van der Waals surface area contributed by atoms with Gasteiger partial charge >= 0.3 is 5.97 Å². The van der Waals surface area contributed by atoms with E-state index in [2.05, 4.69) is 24.1 Å². The molecule has 0 spiro atoms. The normalized spacial score (nSPS) is 15.0. The third-order valence-electron chi connectivity index (χ3n) is 9.71. The number of hydrogen-bond acceptors (Lipinski definition) is 4. The topological polar surface area (TPSA) is 78.6 Å². The van der Waals surface area contributed by atoms with Gasteiger partial charge in [0.2, 0.25) is 0 Å². The van der Waals surface area contributed by atoms with Crippen molar-refractivity contribution in [2.45, 2.75) is 225 Å². The van der Waals surface area contributed by atoms with Crippen LogP contribution >= 0.6 is 0 Å². The summed E-state index contributed by atoms with van der Waals surface area (Å²) in [5.74, 6) is -0.653. The van der Waals surface area contributed by atoms with Gasteiger partial charge in [-0.3, -0.25) is 9.69 Å². The van der Waals surface area contributed by atoms with Gasteiger partial charge in [-0.2, -0.15) is 0 Å². The van der Waals surface area contributed by atoms with Gasteiger partial charge in [0, 0.05) is 32.6 Å². The van der Waals surface area contributed by atoms with Crippen LogP contribution in [0, 0.1) is 0 Å². The Morgan fingerprint density at radius 2 is 0.911 bits per heavy atom. The highest BCUT2D eigenvalue weighted by Gasteiger charge is 2.21. The quantitative estimate of drug-likeness (QED) is 0.0612. The minimum absolute atomic E-state index is 0.345. The van der Waals surface area contributed by atoms with Crippen LogP contribution in [0.2, 0.25) is 0 Å². The maximum atomic E-state index is 10.3. The van der Waals surface area contributed by atoms with Crippen LogP contribution in [-0.4, -0.2) is 48.3 Å². The lowest BCUT2D eigenvalue weighted by Crippen LogP contribution is -2.38. The summed E-state index contributed by atoms with van der Waals surface area (Å²) < 4.78 is 0. The van der Waals surface area contributed by atoms with E-state index in [9.17, 15) is 4.79 Å². The van der Waals surface area contributed by atoms with E-state index in [1.54, 1.807) is 0 Å². The number of aliphatic carboxylic acids is 1. The van der Waals surface area contributed by atoms with Crippen molar-refractivity contribution in [3.8, 4) is 0 Å². The molecule has 0 radical (unpaired) electrons. The predicted octanol–water partition coefficient (Wildman–Crippen LogP) is 11.8. The van der Waals surface area contributed by atoms with Crippen LogP contribution in [0.25, 0.3) is 0 Å². The summed E-state index contributed by atoms with van der Waals surface area (Å²) in [7, 11) is 0. The fraction of sp³-hybridized carbons (Fsp3) is 0.975. The van der Waals surface area contributed by atoms with Crippen LogP contribution in [0.4, 0.5) is 0 Å². The molecule has 1 rings (SSSR count). The fourth-order valence-electron chi connectivity index (χ4n) is 6.73. The van der Waals surface area contributed by atoms with E-state index in [0.29, 0.717) is 12.6 Å². The zero-order chi connectivity index (χ0) is 32.9. The molecule has 1 atom stereocenters. The molecule has 5 nitrogen and oxygen atoms in total. The number of carboxylic acid groups (broad SMARTS) is 1. The summed E-state index contributed by atoms with van der Waals surface area (Å²) in [6.07, 6.45) is 43.8. The summed E-state index contributed by atoms with van der Waals surface area (Å²) >= 11 is 0. The molecule has 1 aliphatic rings. The number of unbranched alkanes of at least 4 members (excludes halogenated alkanes) is 28. The number of rotatable bonds is 34. The molecule has 4 N–H and O–H groups in total. The first-order valence-electron chi connectivity index (χ1n) is 20.5. The summed E-state index contributed by atoms with van der Waals surface area (Å²) in [6, 6.07) is 0. The zero-order valence-corrected chi connectivity index (χ0v) is 30.9. The van der Waals surface area contributed by atoms with E-state index in [1.165, 1.54) is 193 Å². The van der Waals surface area contributed by atoms with Crippen molar-refractivity contribution in [2.75, 3.05) is 26.2 Å². The van der Waals surface area contributed by atoms with Crippen LogP contribution in [0.15, 0.2) is 0 Å². The number of nitrogens with two attached hydrogens (primary N) is 1. The Kier molecular flexibility index (Phi) is 37.3. The van der Waals surface area contributed by atoms with Crippen LogP contribution in [0.3, 0.4) is 0 Å². The third kappa shape index (κ3) is 34.5. The lowest BCUT2D eigenvalue weighted by Gasteiger charge is -2.23. The molecule has 1 heterocycles. The van der Waals surface area contributed by atoms with Crippen molar-refractivity contribution in [1.82, 2.24) is 10.2 Å². The highest BCUT2D eigenvalue weighted by molar-refractivity contribution is 5.66. The zero-order valence-electron chi connectivity index (χ0n) is 30.9. The smallest absolute Gasteiger partial charge is 0.303 e. The highest BCUT2D eigenvalue weighted by Crippen LogP contribution is 2.16. The van der Waals surface area contributed by atoms with Gasteiger partial charge in [-0.15, -0.1) is 0 Å². The average Bonchev–Trinajstić information content (AvgIpc) is 3.48. The molecule has 270 valence electrons. The van der Waals surface area contributed by atoms with E-state index in [0.717, 1.165) is 32.5 Å². The molecule has 0 aromatic carbocycles. The average molecular weight is 638 g/mol. The van der Waals surface area contributed by atoms with Gasteiger partial charge in [-0.1, -0.05) is 200 Å². The van der Waals surface area contributed by atoms with Gasteiger partial charge in [-0.25, -0.2) is 0 Å². The monoisotopic (exact) mass is 638 g/mol. The first-order chi connectivity index (χ1) is 22.2. The Hall–Kier alpha value is -0.650. The largest absolute Gasteiger partial charge is 0.481 e. The molecule has 0 aliphatic carbocycles. The maximum Gasteiger partial charge on any atom is 0.303 e. The maximum absolute atomic E-state index is 10.3. The van der Waals surface area contributed by atoms with Crippen molar-refractivity contribution >= 4 is 5.97 Å². The second-order valence-corrected chi connectivity index (χ2v) is 14.1. The first-order valence-corrected chi connectivity index (χ1v) is 20.5. The molecule has 0 aromatic heterocycles. The molecule has 0 bridgehead atoms. The Morgan fingerprint density at radius 3 is 1.24 bits per heavy atom. The Morgan fingerprint density at radius 1 is 0.578 bits per heavy atom. The second kappa shape index (κ2) is 37.8. The number of nitrogens with one attached hydrogen (secondary N) is 1. The summed E-state index contributed by atoms with van der Waals surface area (Å²) in [4.78, 5) is 12.9. The lowest BCUT2D eigenvalue weighted by atomic mass is 10.0. The number of nitrogens with zero attached hydrogens (tertiary/aromatic N) is 1. The fourth-order valence-corrected chi connectivity index (χ4v) is 6.73. The van der Waals surface area contributed by atoms with Gasteiger partial charge in [0.05, 0.1) is 6.17 Å². The van der Waals surface area contributed by atoms with Crippen molar-refractivity contribution in [2.24, 2.45) is 5.73 Å². The number of carbonyl (C=O) groups is 1. The molecule has 0 amide bonds. The van der Waals surface area contributed by atoms with E-state index < -0.39 is 5.97 Å². The number of carboxylic acids is 1.